The number of nitrogens with one attached hydrogen (secondary N) is 1. The van der Waals surface area contributed by atoms with Gasteiger partial charge in [-0.05, 0) is 49.2 Å². The number of H-pyrrole nitrogens is 1. The molecule has 4 rings (SSSR count). The second-order valence-corrected chi connectivity index (χ2v) is 5.62. The first kappa shape index (κ1) is 12.5. The number of rotatable bonds is 3. The summed E-state index contributed by atoms with van der Waals surface area (Å²) in [5.41, 5.74) is 3.50. The summed E-state index contributed by atoms with van der Waals surface area (Å²) in [7, 11) is 0. The van der Waals surface area contributed by atoms with Crippen molar-refractivity contribution < 1.29 is 0 Å². The molecule has 4 nitrogen and oxygen atoms in total. The molecule has 0 unspecified atom stereocenters. The molecule has 1 aliphatic heterocycles. The Kier molecular flexibility index (Phi) is 3.16. The van der Waals surface area contributed by atoms with Crippen LogP contribution in [-0.4, -0.2) is 26.4 Å². The number of likely N-dealkylation sites (tertiary alicyclic amines) is 1. The van der Waals surface area contributed by atoms with Gasteiger partial charge >= 0.3 is 0 Å². The van der Waals surface area contributed by atoms with Crippen molar-refractivity contribution in [3.63, 3.8) is 0 Å². The normalized spacial score (nSPS) is 19.3. The predicted molar refractivity (Wildman–Crippen MR) is 82.7 cm³/mol. The highest BCUT2D eigenvalue weighted by Crippen LogP contribution is 2.32. The highest BCUT2D eigenvalue weighted by molar-refractivity contribution is 5.74. The molecule has 0 saturated carbocycles. The summed E-state index contributed by atoms with van der Waals surface area (Å²) < 4.78 is 0. The van der Waals surface area contributed by atoms with Gasteiger partial charge in [-0.3, -0.25) is 9.88 Å². The summed E-state index contributed by atoms with van der Waals surface area (Å²) in [6, 6.07) is 12.8. The molecule has 1 saturated heterocycles. The molecule has 106 valence electrons. The van der Waals surface area contributed by atoms with E-state index in [2.05, 4.69) is 39.1 Å². The van der Waals surface area contributed by atoms with Crippen LogP contribution < -0.4 is 0 Å². The van der Waals surface area contributed by atoms with E-state index in [9.17, 15) is 0 Å². The number of aromatic nitrogens is 3. The molecule has 3 aromatic rings. The van der Waals surface area contributed by atoms with E-state index in [4.69, 9.17) is 4.98 Å². The molecular weight excluding hydrogens is 260 g/mol. The molecule has 1 atom stereocenters. The van der Waals surface area contributed by atoms with E-state index in [1.54, 1.807) is 0 Å². The molecule has 1 aromatic carbocycles. The fourth-order valence-corrected chi connectivity index (χ4v) is 3.18. The third-order valence-electron chi connectivity index (χ3n) is 4.22. The Morgan fingerprint density at radius 3 is 2.86 bits per heavy atom. The maximum atomic E-state index is 4.78. The smallest absolute Gasteiger partial charge is 0.124 e. The number of nitrogens with zero attached hydrogens (tertiary/aromatic N) is 3. The lowest BCUT2D eigenvalue weighted by molar-refractivity contribution is 0.241. The van der Waals surface area contributed by atoms with Crippen LogP contribution in [0.15, 0.2) is 48.8 Å². The zero-order chi connectivity index (χ0) is 14.1. The number of hydrogen-bond acceptors (Lipinski definition) is 3. The molecule has 0 radical (unpaired) electrons. The van der Waals surface area contributed by atoms with Gasteiger partial charge in [-0.1, -0.05) is 12.1 Å². The molecule has 0 aliphatic carbocycles. The molecule has 2 aromatic heterocycles. The minimum Gasteiger partial charge on any atom is -0.341 e. The highest BCUT2D eigenvalue weighted by Gasteiger charge is 2.28. The molecule has 0 spiro atoms. The second kappa shape index (κ2) is 5.30. The number of fused-ring (bicyclic) bond motifs is 1. The van der Waals surface area contributed by atoms with Crippen LogP contribution in [0.5, 0.6) is 0 Å². The Hall–Kier alpha value is -2.20. The topological polar surface area (TPSA) is 44.8 Å². The molecule has 0 amide bonds. The fraction of sp³-hybridized carbons (Fsp3) is 0.294. The average molecular weight is 278 g/mol. The predicted octanol–water partition coefficient (Wildman–Crippen LogP) is 3.30. The molecule has 4 heteroatoms. The maximum Gasteiger partial charge on any atom is 0.124 e. The first-order chi connectivity index (χ1) is 10.4. The van der Waals surface area contributed by atoms with Gasteiger partial charge in [0.25, 0.3) is 0 Å². The van der Waals surface area contributed by atoms with Crippen LogP contribution in [0.2, 0.25) is 0 Å². The maximum absolute atomic E-state index is 4.78. The molecule has 1 fully saturated rings. The van der Waals surface area contributed by atoms with Gasteiger partial charge in [0.2, 0.25) is 0 Å². The average Bonchev–Trinajstić information content (AvgIpc) is 3.14. The number of para-hydroxylation sites is 2. The summed E-state index contributed by atoms with van der Waals surface area (Å²) in [4.78, 5) is 14.9. The van der Waals surface area contributed by atoms with Crippen LogP contribution in [0.3, 0.4) is 0 Å². The van der Waals surface area contributed by atoms with Crippen LogP contribution in [0.4, 0.5) is 0 Å². The van der Waals surface area contributed by atoms with Crippen molar-refractivity contribution in [2.75, 3.05) is 6.54 Å². The Morgan fingerprint density at radius 1 is 1.14 bits per heavy atom. The fourth-order valence-electron chi connectivity index (χ4n) is 3.18. The largest absolute Gasteiger partial charge is 0.341 e. The molecule has 3 heterocycles. The van der Waals surface area contributed by atoms with Gasteiger partial charge in [0.15, 0.2) is 0 Å². The Balaban J connectivity index is 1.61. The quantitative estimate of drug-likeness (QED) is 0.799. The lowest BCUT2D eigenvalue weighted by Gasteiger charge is -2.22. The first-order valence-corrected chi connectivity index (χ1v) is 7.48. The Bertz CT molecular complexity index is 702. The molecule has 1 aliphatic rings. The van der Waals surface area contributed by atoms with Gasteiger partial charge in [0.05, 0.1) is 17.1 Å². The standard InChI is InChI=1S/C17H18N4/c1-2-5-15-14(4-1)19-17(20-15)16-6-3-11-21(16)12-13-7-9-18-10-8-13/h1-2,4-5,7-10,16H,3,6,11-12H2,(H,19,20)/t16-/m1/s1. The van der Waals surface area contributed by atoms with E-state index in [-0.39, 0.29) is 0 Å². The van der Waals surface area contributed by atoms with Gasteiger partial charge in [-0.15, -0.1) is 0 Å². The zero-order valence-corrected chi connectivity index (χ0v) is 11.9. The van der Waals surface area contributed by atoms with Crippen LogP contribution in [0, 0.1) is 0 Å². The van der Waals surface area contributed by atoms with E-state index >= 15 is 0 Å². The number of benzene rings is 1. The van der Waals surface area contributed by atoms with E-state index in [0.29, 0.717) is 6.04 Å². The summed E-state index contributed by atoms with van der Waals surface area (Å²) >= 11 is 0. The lowest BCUT2D eigenvalue weighted by Crippen LogP contribution is -2.23. The third-order valence-corrected chi connectivity index (χ3v) is 4.22. The zero-order valence-electron chi connectivity index (χ0n) is 11.9. The van der Waals surface area contributed by atoms with Gasteiger partial charge in [-0.25, -0.2) is 4.98 Å². The van der Waals surface area contributed by atoms with Crippen LogP contribution in [-0.2, 0) is 6.54 Å². The minimum absolute atomic E-state index is 0.394. The van der Waals surface area contributed by atoms with E-state index < -0.39 is 0 Å². The van der Waals surface area contributed by atoms with Crippen molar-refractivity contribution >= 4 is 11.0 Å². The van der Waals surface area contributed by atoms with Crippen molar-refractivity contribution in [2.45, 2.75) is 25.4 Å². The van der Waals surface area contributed by atoms with Crippen molar-refractivity contribution in [3.05, 3.63) is 60.2 Å². The van der Waals surface area contributed by atoms with Crippen molar-refractivity contribution in [1.29, 1.82) is 0 Å². The monoisotopic (exact) mass is 278 g/mol. The molecule has 1 N–H and O–H groups in total. The summed E-state index contributed by atoms with van der Waals surface area (Å²) in [6.45, 7) is 2.09. The Labute approximate surface area is 123 Å². The van der Waals surface area contributed by atoms with Crippen LogP contribution in [0.1, 0.15) is 30.3 Å². The number of pyridine rings is 1. The number of hydrogen-bond donors (Lipinski definition) is 1. The summed E-state index contributed by atoms with van der Waals surface area (Å²) in [5, 5.41) is 0. The minimum atomic E-state index is 0.394. The van der Waals surface area contributed by atoms with Crippen molar-refractivity contribution in [1.82, 2.24) is 19.9 Å². The van der Waals surface area contributed by atoms with Gasteiger partial charge in [-0.2, -0.15) is 0 Å². The van der Waals surface area contributed by atoms with E-state index in [1.807, 2.05) is 24.5 Å². The SMILES string of the molecule is c1ccc2[nH]c([C@H]3CCCN3Cc3ccncc3)nc2c1. The number of imidazole rings is 1. The second-order valence-electron chi connectivity index (χ2n) is 5.62. The van der Waals surface area contributed by atoms with E-state index in [0.717, 1.165) is 29.9 Å². The van der Waals surface area contributed by atoms with E-state index in [1.165, 1.54) is 18.4 Å². The third kappa shape index (κ3) is 2.43. The van der Waals surface area contributed by atoms with Crippen LogP contribution in [0.25, 0.3) is 11.0 Å². The van der Waals surface area contributed by atoms with Gasteiger partial charge in [0.1, 0.15) is 5.82 Å². The van der Waals surface area contributed by atoms with Gasteiger partial charge in [0, 0.05) is 18.9 Å². The van der Waals surface area contributed by atoms with Gasteiger partial charge < -0.3 is 4.98 Å². The highest BCUT2D eigenvalue weighted by atomic mass is 15.2. The Morgan fingerprint density at radius 2 is 2.00 bits per heavy atom. The molecule has 0 bridgehead atoms. The molecular formula is C17H18N4. The molecule has 21 heavy (non-hydrogen) atoms. The van der Waals surface area contributed by atoms with Crippen molar-refractivity contribution in [2.24, 2.45) is 0 Å². The summed E-state index contributed by atoms with van der Waals surface area (Å²) in [6.07, 6.45) is 6.13. The summed E-state index contributed by atoms with van der Waals surface area (Å²) in [5.74, 6) is 1.10. The van der Waals surface area contributed by atoms with Crippen LogP contribution >= 0.6 is 0 Å². The lowest BCUT2D eigenvalue weighted by atomic mass is 10.2. The number of aromatic amines is 1. The van der Waals surface area contributed by atoms with Crippen molar-refractivity contribution in [3.8, 4) is 0 Å². The first-order valence-electron chi connectivity index (χ1n) is 7.48.